The van der Waals surface area contributed by atoms with E-state index in [0.717, 1.165) is 22.7 Å². The lowest BCUT2D eigenvalue weighted by Crippen LogP contribution is -2.35. The van der Waals surface area contributed by atoms with Gasteiger partial charge in [-0.1, -0.05) is 18.2 Å². The van der Waals surface area contributed by atoms with Gasteiger partial charge in [-0.05, 0) is 36.4 Å². The van der Waals surface area contributed by atoms with E-state index in [0.29, 0.717) is 31.0 Å². The minimum atomic E-state index is -0.00906. The lowest BCUT2D eigenvalue weighted by atomic mass is 10.1. The molecule has 7 nitrogen and oxygen atoms in total. The second kappa shape index (κ2) is 6.77. The summed E-state index contributed by atoms with van der Waals surface area (Å²) in [6.45, 7) is 1.07. The van der Waals surface area contributed by atoms with Crippen LogP contribution in [-0.2, 0) is 13.0 Å². The normalized spacial score (nSPS) is 13.4. The van der Waals surface area contributed by atoms with Gasteiger partial charge in [0.05, 0.1) is 6.54 Å². The van der Waals surface area contributed by atoms with Gasteiger partial charge in [0, 0.05) is 29.8 Å². The van der Waals surface area contributed by atoms with Crippen LogP contribution in [-0.4, -0.2) is 37.1 Å². The van der Waals surface area contributed by atoms with Crippen LogP contribution in [0.25, 0.3) is 17.1 Å². The van der Waals surface area contributed by atoms with Crippen molar-refractivity contribution in [3.05, 3.63) is 84.3 Å². The number of benzene rings is 2. The molecule has 0 saturated carbocycles. The second-order valence-electron chi connectivity index (χ2n) is 6.65. The van der Waals surface area contributed by atoms with Crippen LogP contribution in [0, 0.1) is 0 Å². The molecule has 2 aromatic carbocycles. The highest BCUT2D eigenvalue weighted by Gasteiger charge is 2.26. The molecule has 28 heavy (non-hydrogen) atoms. The van der Waals surface area contributed by atoms with Gasteiger partial charge >= 0.3 is 0 Å². The van der Waals surface area contributed by atoms with Crippen molar-refractivity contribution in [2.75, 3.05) is 6.54 Å². The van der Waals surface area contributed by atoms with Gasteiger partial charge < -0.3 is 9.32 Å². The summed E-state index contributed by atoms with van der Waals surface area (Å²) in [5, 5.41) is 7.59. The first-order chi connectivity index (χ1) is 13.8. The summed E-state index contributed by atoms with van der Waals surface area (Å²) < 4.78 is 7.71. The molecular formula is C21H17N5O2. The first kappa shape index (κ1) is 16.4. The first-order valence-corrected chi connectivity index (χ1v) is 9.06. The molecular weight excluding hydrogens is 354 g/mol. The Morgan fingerprint density at radius 3 is 2.46 bits per heavy atom. The fourth-order valence-corrected chi connectivity index (χ4v) is 3.37. The van der Waals surface area contributed by atoms with Crippen molar-refractivity contribution in [2.45, 2.75) is 13.0 Å². The van der Waals surface area contributed by atoms with E-state index >= 15 is 0 Å². The highest BCUT2D eigenvalue weighted by Crippen LogP contribution is 2.26. The van der Waals surface area contributed by atoms with Gasteiger partial charge in [0.2, 0.25) is 5.89 Å². The maximum Gasteiger partial charge on any atom is 0.254 e. The van der Waals surface area contributed by atoms with E-state index in [2.05, 4.69) is 15.2 Å². The van der Waals surface area contributed by atoms with E-state index in [9.17, 15) is 4.79 Å². The number of fused-ring (bicyclic) bond motifs is 1. The molecule has 3 heterocycles. The third-order valence-corrected chi connectivity index (χ3v) is 4.87. The molecule has 0 bridgehead atoms. The Morgan fingerprint density at radius 1 is 0.964 bits per heavy atom. The predicted molar refractivity (Wildman–Crippen MR) is 102 cm³/mol. The molecule has 0 fully saturated rings. The second-order valence-corrected chi connectivity index (χ2v) is 6.65. The van der Waals surface area contributed by atoms with Crippen LogP contribution in [0.3, 0.4) is 0 Å². The van der Waals surface area contributed by atoms with Crippen molar-refractivity contribution in [1.82, 2.24) is 24.6 Å². The lowest BCUT2D eigenvalue weighted by Gasteiger charge is -2.25. The number of oxazole rings is 1. The standard InChI is InChI=1S/C21H17N5O2/c27-21(16-6-8-17(9-7-16)26-13-22-23-14-26)25-11-10-19-18(12-25)24-20(28-19)15-4-2-1-3-5-15/h1-9,13-14H,10-12H2. The fraction of sp³-hybridized carbons (Fsp3) is 0.143. The predicted octanol–water partition coefficient (Wildman–Crippen LogP) is 3.12. The van der Waals surface area contributed by atoms with E-state index < -0.39 is 0 Å². The molecule has 0 spiro atoms. The van der Waals surface area contributed by atoms with Crippen LogP contribution >= 0.6 is 0 Å². The summed E-state index contributed by atoms with van der Waals surface area (Å²) in [6, 6.07) is 17.2. The van der Waals surface area contributed by atoms with Crippen molar-refractivity contribution in [3.8, 4) is 17.1 Å². The maximum atomic E-state index is 12.9. The number of rotatable bonds is 3. The van der Waals surface area contributed by atoms with E-state index in [1.807, 2.05) is 59.5 Å². The van der Waals surface area contributed by atoms with Gasteiger partial charge in [-0.15, -0.1) is 10.2 Å². The van der Waals surface area contributed by atoms with Gasteiger partial charge in [0.1, 0.15) is 24.1 Å². The number of nitrogens with zero attached hydrogens (tertiary/aromatic N) is 5. The number of hydrogen-bond acceptors (Lipinski definition) is 5. The maximum absolute atomic E-state index is 12.9. The SMILES string of the molecule is O=C(c1ccc(-n2cnnc2)cc1)N1CCc2oc(-c3ccccc3)nc2C1. The molecule has 1 amide bonds. The van der Waals surface area contributed by atoms with Crippen molar-refractivity contribution in [1.29, 1.82) is 0 Å². The van der Waals surface area contributed by atoms with Crippen molar-refractivity contribution >= 4 is 5.91 Å². The molecule has 4 aromatic rings. The first-order valence-electron chi connectivity index (χ1n) is 9.06. The van der Waals surface area contributed by atoms with Gasteiger partial charge in [-0.25, -0.2) is 4.98 Å². The molecule has 2 aromatic heterocycles. The zero-order valence-electron chi connectivity index (χ0n) is 15.0. The van der Waals surface area contributed by atoms with Crippen LogP contribution in [0.1, 0.15) is 21.8 Å². The largest absolute Gasteiger partial charge is 0.441 e. The molecule has 1 aliphatic heterocycles. The van der Waals surface area contributed by atoms with Crippen LogP contribution in [0.15, 0.2) is 71.7 Å². The van der Waals surface area contributed by atoms with E-state index in [1.54, 1.807) is 17.2 Å². The van der Waals surface area contributed by atoms with E-state index in [4.69, 9.17) is 4.42 Å². The van der Waals surface area contributed by atoms with Crippen LogP contribution in [0.4, 0.5) is 0 Å². The fourth-order valence-electron chi connectivity index (χ4n) is 3.37. The molecule has 138 valence electrons. The quantitative estimate of drug-likeness (QED) is 0.553. The molecule has 7 heteroatoms. The van der Waals surface area contributed by atoms with Gasteiger partial charge in [0.25, 0.3) is 5.91 Å². The Labute approximate surface area is 161 Å². The zero-order chi connectivity index (χ0) is 18.9. The van der Waals surface area contributed by atoms with Crippen molar-refractivity contribution < 1.29 is 9.21 Å². The third kappa shape index (κ3) is 2.96. The average molecular weight is 371 g/mol. The number of amides is 1. The monoisotopic (exact) mass is 371 g/mol. The summed E-state index contributed by atoms with van der Waals surface area (Å²) in [5.74, 6) is 1.47. The highest BCUT2D eigenvalue weighted by atomic mass is 16.4. The van der Waals surface area contributed by atoms with Crippen LogP contribution < -0.4 is 0 Å². The average Bonchev–Trinajstić information content (AvgIpc) is 3.43. The van der Waals surface area contributed by atoms with Crippen molar-refractivity contribution in [3.63, 3.8) is 0 Å². The van der Waals surface area contributed by atoms with E-state index in [-0.39, 0.29) is 5.91 Å². The Hall–Kier alpha value is -3.74. The summed E-state index contributed by atoms with van der Waals surface area (Å²) >= 11 is 0. The molecule has 0 radical (unpaired) electrons. The molecule has 0 aliphatic carbocycles. The number of hydrogen-bond donors (Lipinski definition) is 0. The molecule has 0 atom stereocenters. The summed E-state index contributed by atoms with van der Waals surface area (Å²) in [7, 11) is 0. The molecule has 0 N–H and O–H groups in total. The Bertz CT molecular complexity index is 1100. The van der Waals surface area contributed by atoms with Crippen molar-refractivity contribution in [2.24, 2.45) is 0 Å². The number of carbonyl (C=O) groups excluding carboxylic acids is 1. The third-order valence-electron chi connectivity index (χ3n) is 4.87. The van der Waals surface area contributed by atoms with Gasteiger partial charge in [-0.3, -0.25) is 9.36 Å². The molecule has 0 unspecified atom stereocenters. The zero-order valence-corrected chi connectivity index (χ0v) is 15.0. The Kier molecular flexibility index (Phi) is 3.97. The number of carbonyl (C=O) groups is 1. The topological polar surface area (TPSA) is 77.0 Å². The summed E-state index contributed by atoms with van der Waals surface area (Å²) in [5.41, 5.74) is 3.33. The lowest BCUT2D eigenvalue weighted by molar-refractivity contribution is 0.0728. The summed E-state index contributed by atoms with van der Waals surface area (Å²) in [6.07, 6.45) is 3.91. The highest BCUT2D eigenvalue weighted by molar-refractivity contribution is 5.94. The summed E-state index contributed by atoms with van der Waals surface area (Å²) in [4.78, 5) is 19.4. The van der Waals surface area contributed by atoms with Gasteiger partial charge in [0.15, 0.2) is 0 Å². The van der Waals surface area contributed by atoms with Gasteiger partial charge in [-0.2, -0.15) is 0 Å². The van der Waals surface area contributed by atoms with E-state index in [1.165, 1.54) is 0 Å². The minimum absolute atomic E-state index is 0.00906. The Morgan fingerprint density at radius 2 is 1.71 bits per heavy atom. The smallest absolute Gasteiger partial charge is 0.254 e. The van der Waals surface area contributed by atoms with Crippen LogP contribution in [0.2, 0.25) is 0 Å². The molecule has 0 saturated heterocycles. The minimum Gasteiger partial charge on any atom is -0.441 e. The molecule has 1 aliphatic rings. The Balaban J connectivity index is 1.34. The van der Waals surface area contributed by atoms with Crippen LogP contribution in [0.5, 0.6) is 0 Å². The number of aromatic nitrogens is 4. The molecule has 5 rings (SSSR count).